The molecule has 1 heteroatoms. The van der Waals surface area contributed by atoms with Crippen LogP contribution >= 0.6 is 0 Å². The van der Waals surface area contributed by atoms with Crippen molar-refractivity contribution in [1.29, 1.82) is 0 Å². The minimum atomic E-state index is -0.422. The second kappa shape index (κ2) is 8.06. The molecule has 0 atom stereocenters. The molecule has 8 rings (SSSR count). The summed E-state index contributed by atoms with van der Waals surface area (Å²) in [5, 5.41) is 4.51. The molecular formula is C37H24O. The smallest absolute Gasteiger partial charge is 0.136 e. The van der Waals surface area contributed by atoms with Crippen molar-refractivity contribution in [3.05, 3.63) is 133 Å². The molecule has 1 heterocycles. The fourth-order valence-corrected chi connectivity index (χ4v) is 5.67. The number of benzene rings is 7. The summed E-state index contributed by atoms with van der Waals surface area (Å²) < 4.78 is 77.3. The van der Waals surface area contributed by atoms with E-state index in [2.05, 4.69) is 18.2 Å². The first-order valence-corrected chi connectivity index (χ1v) is 12.5. The SMILES string of the molecule is [2H]c1c([2H])c([2H])c2c(-c3ccc4oc5ccc6ccc(C)cc6c5c4c3)c3c([2H])c([2H])c([2H])c([2H])c3c(-c3ccccc3)c2c1[2H]. The van der Waals surface area contributed by atoms with Crippen LogP contribution in [-0.2, 0) is 0 Å². The molecule has 8 aromatic rings. The second-order valence-corrected chi connectivity index (χ2v) is 9.59. The first-order chi connectivity index (χ1) is 22.1. The molecule has 0 saturated heterocycles. The molecule has 0 N–H and O–H groups in total. The molecule has 0 bridgehead atoms. The maximum atomic E-state index is 9.16. The predicted molar refractivity (Wildman–Crippen MR) is 162 cm³/mol. The van der Waals surface area contributed by atoms with Crippen molar-refractivity contribution in [2.75, 3.05) is 0 Å². The van der Waals surface area contributed by atoms with Gasteiger partial charge in [-0.3, -0.25) is 0 Å². The van der Waals surface area contributed by atoms with Crippen LogP contribution in [0.5, 0.6) is 0 Å². The Morgan fingerprint density at radius 1 is 0.526 bits per heavy atom. The highest BCUT2D eigenvalue weighted by molar-refractivity contribution is 6.23. The lowest BCUT2D eigenvalue weighted by atomic mass is 9.85. The van der Waals surface area contributed by atoms with Crippen LogP contribution in [0.15, 0.2) is 132 Å². The third kappa shape index (κ3) is 3.06. The van der Waals surface area contributed by atoms with Crippen LogP contribution in [0.3, 0.4) is 0 Å². The first kappa shape index (κ1) is 14.8. The monoisotopic (exact) mass is 492 g/mol. The maximum Gasteiger partial charge on any atom is 0.136 e. The molecule has 0 fully saturated rings. The van der Waals surface area contributed by atoms with Crippen LogP contribution in [0.2, 0.25) is 0 Å². The van der Waals surface area contributed by atoms with Crippen molar-refractivity contribution in [1.82, 2.24) is 0 Å². The molecule has 0 aliphatic carbocycles. The van der Waals surface area contributed by atoms with E-state index in [1.54, 1.807) is 30.3 Å². The Morgan fingerprint density at radius 3 is 1.82 bits per heavy atom. The summed E-state index contributed by atoms with van der Waals surface area (Å²) in [4.78, 5) is 0. The van der Waals surface area contributed by atoms with Crippen molar-refractivity contribution in [3.63, 3.8) is 0 Å². The van der Waals surface area contributed by atoms with E-state index >= 15 is 0 Å². The average Bonchev–Trinajstić information content (AvgIpc) is 3.45. The Bertz CT molecular complexity index is 2540. The Kier molecular flexibility index (Phi) is 3.13. The summed E-state index contributed by atoms with van der Waals surface area (Å²) in [5.74, 6) is 0. The van der Waals surface area contributed by atoms with Crippen LogP contribution in [0, 0.1) is 6.92 Å². The van der Waals surface area contributed by atoms with Gasteiger partial charge in [0.25, 0.3) is 0 Å². The van der Waals surface area contributed by atoms with Gasteiger partial charge in [0.15, 0.2) is 0 Å². The molecule has 1 aromatic heterocycles. The van der Waals surface area contributed by atoms with Crippen molar-refractivity contribution in [2.45, 2.75) is 6.92 Å². The van der Waals surface area contributed by atoms with E-state index in [0.717, 1.165) is 27.1 Å². The van der Waals surface area contributed by atoms with E-state index in [9.17, 15) is 0 Å². The highest BCUT2D eigenvalue weighted by Gasteiger charge is 2.18. The summed E-state index contributed by atoms with van der Waals surface area (Å²) in [6, 6.07) is 21.8. The lowest BCUT2D eigenvalue weighted by Gasteiger charge is -2.17. The van der Waals surface area contributed by atoms with Gasteiger partial charge in [-0.25, -0.2) is 0 Å². The summed E-state index contributed by atoms with van der Waals surface area (Å²) in [6.45, 7) is 2.03. The molecule has 0 spiro atoms. The molecule has 178 valence electrons. The van der Waals surface area contributed by atoms with Gasteiger partial charge in [-0.05, 0) is 79.7 Å². The number of fused-ring (bicyclic) bond motifs is 7. The highest BCUT2D eigenvalue weighted by atomic mass is 16.3. The van der Waals surface area contributed by atoms with Gasteiger partial charge in [0, 0.05) is 10.8 Å². The summed E-state index contributed by atoms with van der Waals surface area (Å²) in [5.41, 5.74) is 4.20. The summed E-state index contributed by atoms with van der Waals surface area (Å²) in [7, 11) is 0. The molecular weight excluding hydrogens is 460 g/mol. The highest BCUT2D eigenvalue weighted by Crippen LogP contribution is 2.45. The zero-order valence-corrected chi connectivity index (χ0v) is 20.4. The minimum absolute atomic E-state index is 0.190. The number of rotatable bonds is 2. The van der Waals surface area contributed by atoms with E-state index in [4.69, 9.17) is 15.4 Å². The van der Waals surface area contributed by atoms with Gasteiger partial charge < -0.3 is 4.42 Å². The maximum absolute atomic E-state index is 9.16. The lowest BCUT2D eigenvalue weighted by Crippen LogP contribution is -1.90. The molecule has 0 aliphatic heterocycles. The number of hydrogen-bond acceptors (Lipinski definition) is 1. The van der Waals surface area contributed by atoms with Gasteiger partial charge in [0.2, 0.25) is 0 Å². The van der Waals surface area contributed by atoms with E-state index in [1.165, 1.54) is 0 Å². The third-order valence-electron chi connectivity index (χ3n) is 7.33. The van der Waals surface area contributed by atoms with Gasteiger partial charge in [-0.2, -0.15) is 0 Å². The Hall–Kier alpha value is -4.88. The summed E-state index contributed by atoms with van der Waals surface area (Å²) in [6.07, 6.45) is 0. The van der Waals surface area contributed by atoms with Crippen LogP contribution in [0.1, 0.15) is 16.5 Å². The van der Waals surface area contributed by atoms with Gasteiger partial charge in [0.05, 0.1) is 11.0 Å². The summed E-state index contributed by atoms with van der Waals surface area (Å²) >= 11 is 0. The average molecular weight is 493 g/mol. The van der Waals surface area contributed by atoms with Crippen LogP contribution in [0.4, 0.5) is 0 Å². The first-order valence-electron chi connectivity index (χ1n) is 16.5. The fraction of sp³-hybridized carbons (Fsp3) is 0.0270. The van der Waals surface area contributed by atoms with Gasteiger partial charge in [0.1, 0.15) is 11.2 Å². The Labute approximate surface area is 231 Å². The molecule has 0 saturated carbocycles. The van der Waals surface area contributed by atoms with Crippen molar-refractivity contribution >= 4 is 54.3 Å². The number of furan rings is 1. The topological polar surface area (TPSA) is 13.1 Å². The van der Waals surface area contributed by atoms with E-state index in [-0.39, 0.29) is 45.7 Å². The third-order valence-corrected chi connectivity index (χ3v) is 7.33. The minimum Gasteiger partial charge on any atom is -0.456 e. The van der Waals surface area contributed by atoms with Crippen LogP contribution in [-0.4, -0.2) is 0 Å². The van der Waals surface area contributed by atoms with Gasteiger partial charge in [-0.15, -0.1) is 0 Å². The largest absolute Gasteiger partial charge is 0.456 e. The Balaban J connectivity index is 1.65. The normalized spacial score (nSPS) is 14.8. The molecule has 1 nitrogen and oxygen atoms in total. The van der Waals surface area contributed by atoms with Crippen LogP contribution < -0.4 is 0 Å². The molecule has 0 amide bonds. The van der Waals surface area contributed by atoms with Crippen LogP contribution in [0.25, 0.3) is 76.5 Å². The fourth-order valence-electron chi connectivity index (χ4n) is 5.67. The zero-order valence-electron chi connectivity index (χ0n) is 28.4. The quantitative estimate of drug-likeness (QED) is 0.219. The molecule has 0 aliphatic rings. The Morgan fingerprint density at radius 2 is 1.13 bits per heavy atom. The standard InChI is InChI=1S/C37H24O/c1-23-15-16-24-17-20-34-37(31(24)21-23)32-22-26(18-19-33(32)38-34)36-29-13-7-5-11-27(29)35(25-9-3-2-4-10-25)28-12-6-8-14-30(28)36/h2-22H,1H3/i5D,6D,7D,8D,11D,12D,13D,14D. The molecule has 0 radical (unpaired) electrons. The van der Waals surface area contributed by atoms with Crippen molar-refractivity contribution in [2.24, 2.45) is 0 Å². The second-order valence-electron chi connectivity index (χ2n) is 9.59. The van der Waals surface area contributed by atoms with Gasteiger partial charge in [-0.1, -0.05) is 115 Å². The van der Waals surface area contributed by atoms with E-state index < -0.39 is 24.2 Å². The van der Waals surface area contributed by atoms with E-state index in [1.807, 2.05) is 37.3 Å². The zero-order chi connectivity index (χ0) is 32.2. The molecule has 0 unspecified atom stereocenters. The van der Waals surface area contributed by atoms with Gasteiger partial charge >= 0.3 is 0 Å². The molecule has 7 aromatic carbocycles. The number of aryl methyl sites for hydroxylation is 1. The van der Waals surface area contributed by atoms with Crippen molar-refractivity contribution < 1.29 is 15.4 Å². The van der Waals surface area contributed by atoms with Crippen molar-refractivity contribution in [3.8, 4) is 22.3 Å². The van der Waals surface area contributed by atoms with E-state index in [0.29, 0.717) is 33.4 Å². The predicted octanol–water partition coefficient (Wildman–Crippen LogP) is 10.7. The lowest BCUT2D eigenvalue weighted by molar-refractivity contribution is 0.669. The molecule has 38 heavy (non-hydrogen) atoms. The number of hydrogen-bond donors (Lipinski definition) is 0.